The Hall–Kier alpha value is -1.62. The van der Waals surface area contributed by atoms with Crippen LogP contribution in [0, 0.1) is 5.41 Å². The van der Waals surface area contributed by atoms with Crippen LogP contribution in [-0.4, -0.2) is 30.6 Å². The van der Waals surface area contributed by atoms with Gasteiger partial charge in [0.1, 0.15) is 0 Å². The molecule has 18 heavy (non-hydrogen) atoms. The molecule has 0 aromatic carbocycles. The number of aromatic nitrogens is 1. The highest BCUT2D eigenvalue weighted by atomic mass is 16.5. The van der Waals surface area contributed by atoms with Gasteiger partial charge in [-0.05, 0) is 25.0 Å². The maximum absolute atomic E-state index is 12.4. The number of carbonyl (C=O) groups excluding carboxylic acids is 1. The number of pyridine rings is 1. The lowest BCUT2D eigenvalue weighted by Crippen LogP contribution is -2.58. The summed E-state index contributed by atoms with van der Waals surface area (Å²) in [6.07, 6.45) is 4.24. The lowest BCUT2D eigenvalue weighted by atomic mass is 9.64. The van der Waals surface area contributed by atoms with Crippen molar-refractivity contribution in [3.63, 3.8) is 0 Å². The van der Waals surface area contributed by atoms with E-state index >= 15 is 0 Å². The van der Waals surface area contributed by atoms with E-state index in [1.54, 1.807) is 18.1 Å². The highest BCUT2D eigenvalue weighted by Gasteiger charge is 2.51. The Bertz CT molecular complexity index is 479. The zero-order chi connectivity index (χ0) is 12.8. The number of carbonyl (C=O) groups is 1. The first-order valence-electron chi connectivity index (χ1n) is 6.27. The third-order valence-corrected chi connectivity index (χ3v) is 4.18. The highest BCUT2D eigenvalue weighted by molar-refractivity contribution is 5.99. The predicted molar refractivity (Wildman–Crippen MR) is 67.4 cm³/mol. The Morgan fingerprint density at radius 3 is 3.00 bits per heavy atom. The molecule has 0 bridgehead atoms. The van der Waals surface area contributed by atoms with Crippen molar-refractivity contribution in [3.05, 3.63) is 18.3 Å². The summed E-state index contributed by atoms with van der Waals surface area (Å²) < 4.78 is 5.88. The van der Waals surface area contributed by atoms with Crippen LogP contribution in [0.15, 0.2) is 18.3 Å². The van der Waals surface area contributed by atoms with Crippen molar-refractivity contribution in [2.45, 2.75) is 25.4 Å². The topological polar surface area (TPSA) is 68.5 Å². The number of nitrogens with two attached hydrogens (primary N) is 1. The summed E-state index contributed by atoms with van der Waals surface area (Å²) in [5, 5.41) is 0. The lowest BCUT2D eigenvalue weighted by Gasteiger charge is -2.48. The minimum Gasteiger partial charge on any atom is -0.476 e. The molecule has 5 heteroatoms. The second-order valence-corrected chi connectivity index (χ2v) is 5.14. The fourth-order valence-electron chi connectivity index (χ4n) is 2.77. The van der Waals surface area contributed by atoms with E-state index < -0.39 is 6.10 Å². The van der Waals surface area contributed by atoms with Crippen LogP contribution in [0.4, 0.5) is 5.82 Å². The monoisotopic (exact) mass is 247 g/mol. The van der Waals surface area contributed by atoms with Crippen LogP contribution in [0.25, 0.3) is 0 Å². The van der Waals surface area contributed by atoms with Crippen LogP contribution in [0.5, 0.6) is 5.75 Å². The van der Waals surface area contributed by atoms with E-state index in [-0.39, 0.29) is 11.3 Å². The van der Waals surface area contributed by atoms with Crippen LogP contribution >= 0.6 is 0 Å². The fourth-order valence-corrected chi connectivity index (χ4v) is 2.77. The van der Waals surface area contributed by atoms with E-state index in [4.69, 9.17) is 10.5 Å². The number of fused-ring (bicyclic) bond motifs is 1. The van der Waals surface area contributed by atoms with Gasteiger partial charge in [-0.15, -0.1) is 0 Å². The molecule has 2 N–H and O–H groups in total. The van der Waals surface area contributed by atoms with Crippen molar-refractivity contribution in [1.82, 2.24) is 4.98 Å². The standard InChI is InChI=1S/C13H17N3O2/c1-16-11-9(4-2-7-15-11)18-10(12(16)17)13(8-14)5-3-6-13/h2,4,7,10H,3,5-6,8,14H2,1H3. The van der Waals surface area contributed by atoms with E-state index in [1.807, 2.05) is 12.1 Å². The van der Waals surface area contributed by atoms with Gasteiger partial charge in [0, 0.05) is 25.2 Å². The third kappa shape index (κ3) is 1.43. The molecule has 1 fully saturated rings. The summed E-state index contributed by atoms with van der Waals surface area (Å²) >= 11 is 0. The maximum Gasteiger partial charge on any atom is 0.269 e. The maximum atomic E-state index is 12.4. The van der Waals surface area contributed by atoms with E-state index in [0.29, 0.717) is 18.1 Å². The van der Waals surface area contributed by atoms with Crippen molar-refractivity contribution < 1.29 is 9.53 Å². The van der Waals surface area contributed by atoms with Crippen LogP contribution in [0.2, 0.25) is 0 Å². The molecule has 2 heterocycles. The van der Waals surface area contributed by atoms with E-state index in [1.165, 1.54) is 0 Å². The molecule has 1 saturated carbocycles. The van der Waals surface area contributed by atoms with E-state index in [9.17, 15) is 4.79 Å². The first-order chi connectivity index (χ1) is 8.68. The lowest BCUT2D eigenvalue weighted by molar-refractivity contribution is -0.136. The molecule has 1 aromatic heterocycles. The number of likely N-dealkylation sites (N-methyl/N-ethyl adjacent to an activating group) is 1. The summed E-state index contributed by atoms with van der Waals surface area (Å²) in [5.74, 6) is 1.22. The third-order valence-electron chi connectivity index (χ3n) is 4.18. The SMILES string of the molecule is CN1C(=O)C(C2(CN)CCC2)Oc2cccnc21. The largest absolute Gasteiger partial charge is 0.476 e. The fraction of sp³-hybridized carbons (Fsp3) is 0.538. The number of ether oxygens (including phenoxy) is 1. The summed E-state index contributed by atoms with van der Waals surface area (Å²) in [4.78, 5) is 18.2. The van der Waals surface area contributed by atoms with Crippen LogP contribution in [-0.2, 0) is 4.79 Å². The second-order valence-electron chi connectivity index (χ2n) is 5.14. The van der Waals surface area contributed by atoms with Crippen LogP contribution < -0.4 is 15.4 Å². The molecule has 96 valence electrons. The summed E-state index contributed by atoms with van der Waals surface area (Å²) in [7, 11) is 1.74. The molecule has 3 rings (SSSR count). The Kier molecular flexibility index (Phi) is 2.52. The normalized spacial score (nSPS) is 25.1. The molecular weight excluding hydrogens is 230 g/mol. The van der Waals surface area contributed by atoms with Crippen molar-refractivity contribution in [2.75, 3.05) is 18.5 Å². The number of nitrogens with zero attached hydrogens (tertiary/aromatic N) is 2. The number of hydrogen-bond donors (Lipinski definition) is 1. The number of rotatable bonds is 2. The van der Waals surface area contributed by atoms with Gasteiger partial charge in [0.15, 0.2) is 17.7 Å². The molecule has 0 saturated heterocycles. The Balaban J connectivity index is 1.98. The Labute approximate surface area is 106 Å². The number of anilines is 1. The van der Waals surface area contributed by atoms with E-state index in [2.05, 4.69) is 4.98 Å². The van der Waals surface area contributed by atoms with Crippen molar-refractivity contribution in [2.24, 2.45) is 11.1 Å². The van der Waals surface area contributed by atoms with Gasteiger partial charge in [-0.3, -0.25) is 9.69 Å². The van der Waals surface area contributed by atoms with Gasteiger partial charge in [-0.1, -0.05) is 6.42 Å². The van der Waals surface area contributed by atoms with Crippen molar-refractivity contribution >= 4 is 11.7 Å². The molecule has 1 aliphatic carbocycles. The van der Waals surface area contributed by atoms with Crippen LogP contribution in [0.1, 0.15) is 19.3 Å². The van der Waals surface area contributed by atoms with Crippen LogP contribution in [0.3, 0.4) is 0 Å². The van der Waals surface area contributed by atoms with E-state index in [0.717, 1.165) is 19.3 Å². The van der Waals surface area contributed by atoms with Gasteiger partial charge in [-0.25, -0.2) is 4.98 Å². The summed E-state index contributed by atoms with van der Waals surface area (Å²) in [6.45, 7) is 0.493. The summed E-state index contributed by atoms with van der Waals surface area (Å²) in [6, 6.07) is 3.66. The van der Waals surface area contributed by atoms with Crippen molar-refractivity contribution in [1.29, 1.82) is 0 Å². The molecular formula is C13H17N3O2. The Morgan fingerprint density at radius 1 is 1.61 bits per heavy atom. The highest BCUT2D eigenvalue weighted by Crippen LogP contribution is 2.47. The molecule has 1 aromatic rings. The van der Waals surface area contributed by atoms with Gasteiger partial charge >= 0.3 is 0 Å². The zero-order valence-electron chi connectivity index (χ0n) is 10.4. The number of amides is 1. The molecule has 0 radical (unpaired) electrons. The molecule has 1 unspecified atom stereocenters. The Morgan fingerprint density at radius 2 is 2.39 bits per heavy atom. The first kappa shape index (κ1) is 11.5. The average molecular weight is 247 g/mol. The van der Waals surface area contributed by atoms with Gasteiger partial charge in [0.2, 0.25) is 0 Å². The zero-order valence-corrected chi connectivity index (χ0v) is 10.4. The average Bonchev–Trinajstić information content (AvgIpc) is 2.35. The molecule has 1 aliphatic heterocycles. The number of hydrogen-bond acceptors (Lipinski definition) is 4. The minimum absolute atomic E-state index is 0.0358. The molecule has 1 amide bonds. The van der Waals surface area contributed by atoms with Gasteiger partial charge in [-0.2, -0.15) is 0 Å². The quantitative estimate of drug-likeness (QED) is 0.844. The van der Waals surface area contributed by atoms with Gasteiger partial charge < -0.3 is 10.5 Å². The van der Waals surface area contributed by atoms with Crippen molar-refractivity contribution in [3.8, 4) is 5.75 Å². The minimum atomic E-state index is -0.460. The van der Waals surface area contributed by atoms with Gasteiger partial charge in [0.05, 0.1) is 0 Å². The first-order valence-corrected chi connectivity index (χ1v) is 6.27. The van der Waals surface area contributed by atoms with Gasteiger partial charge in [0.25, 0.3) is 5.91 Å². The smallest absolute Gasteiger partial charge is 0.269 e. The molecule has 0 spiro atoms. The second kappa shape index (κ2) is 3.95. The predicted octanol–water partition coefficient (Wildman–Crippen LogP) is 0.934. The molecule has 5 nitrogen and oxygen atoms in total. The summed E-state index contributed by atoms with van der Waals surface area (Å²) in [5.41, 5.74) is 5.68. The molecule has 1 atom stereocenters. The molecule has 2 aliphatic rings.